The zero-order chi connectivity index (χ0) is 17.4. The van der Waals surface area contributed by atoms with E-state index in [-0.39, 0.29) is 5.52 Å². The van der Waals surface area contributed by atoms with Crippen molar-refractivity contribution in [2.45, 2.75) is 30.2 Å². The van der Waals surface area contributed by atoms with E-state index in [0.29, 0.717) is 22.5 Å². The standard InChI is InChI=1S/C14H17N7O2S/c1-5-7-21-8(6-2)17-18-13(21)24-12-15-9-10(16-12)19(3)14(23)20(4)11(9)22/h5H,1,6-7H2,2-4H3,(H,15,16). The topological polar surface area (TPSA) is 103 Å². The highest BCUT2D eigenvalue weighted by molar-refractivity contribution is 7.99. The zero-order valence-electron chi connectivity index (χ0n) is 13.6. The van der Waals surface area contributed by atoms with E-state index in [2.05, 4.69) is 26.7 Å². The minimum Gasteiger partial charge on any atom is -0.327 e. The maximum absolute atomic E-state index is 12.2. The summed E-state index contributed by atoms with van der Waals surface area (Å²) in [7, 11) is 3.01. The molecule has 0 radical (unpaired) electrons. The van der Waals surface area contributed by atoms with E-state index in [1.807, 2.05) is 11.5 Å². The zero-order valence-corrected chi connectivity index (χ0v) is 14.4. The van der Waals surface area contributed by atoms with Crippen LogP contribution in [0.3, 0.4) is 0 Å². The first-order valence-electron chi connectivity index (χ1n) is 7.34. The van der Waals surface area contributed by atoms with E-state index in [1.165, 1.54) is 23.4 Å². The summed E-state index contributed by atoms with van der Waals surface area (Å²) in [6.07, 6.45) is 2.52. The Balaban J connectivity index is 2.09. The number of hydrogen-bond donors (Lipinski definition) is 1. The van der Waals surface area contributed by atoms with Crippen LogP contribution in [0.25, 0.3) is 11.2 Å². The number of aromatic amines is 1. The smallest absolute Gasteiger partial charge is 0.327 e. The van der Waals surface area contributed by atoms with E-state index in [1.54, 1.807) is 13.1 Å². The first kappa shape index (κ1) is 16.2. The molecule has 0 amide bonds. The van der Waals surface area contributed by atoms with Crippen molar-refractivity contribution < 1.29 is 0 Å². The van der Waals surface area contributed by atoms with Crippen LogP contribution in [0.4, 0.5) is 0 Å². The summed E-state index contributed by atoms with van der Waals surface area (Å²) in [6, 6.07) is 0. The van der Waals surface area contributed by atoms with Gasteiger partial charge in [-0.1, -0.05) is 13.0 Å². The number of imidazole rings is 1. The van der Waals surface area contributed by atoms with Gasteiger partial charge in [-0.2, -0.15) is 0 Å². The molecule has 0 bridgehead atoms. The minimum absolute atomic E-state index is 0.285. The van der Waals surface area contributed by atoms with Crippen molar-refractivity contribution in [2.24, 2.45) is 14.1 Å². The lowest BCUT2D eigenvalue weighted by Gasteiger charge is -2.04. The van der Waals surface area contributed by atoms with Crippen LogP contribution in [0.5, 0.6) is 0 Å². The van der Waals surface area contributed by atoms with Crippen molar-refractivity contribution in [1.29, 1.82) is 0 Å². The van der Waals surface area contributed by atoms with Gasteiger partial charge in [-0.25, -0.2) is 9.78 Å². The number of rotatable bonds is 5. The molecule has 10 heteroatoms. The number of fused-ring (bicyclic) bond motifs is 1. The molecule has 24 heavy (non-hydrogen) atoms. The Kier molecular flexibility index (Phi) is 4.14. The molecule has 1 N–H and O–H groups in total. The highest BCUT2D eigenvalue weighted by atomic mass is 32.2. The molecule has 3 aromatic heterocycles. The molecule has 9 nitrogen and oxygen atoms in total. The molecule has 0 aliphatic heterocycles. The predicted molar refractivity (Wildman–Crippen MR) is 90.3 cm³/mol. The van der Waals surface area contributed by atoms with Crippen LogP contribution in [0.15, 0.2) is 32.6 Å². The number of nitrogens with one attached hydrogen (secondary N) is 1. The molecule has 0 saturated carbocycles. The first-order valence-corrected chi connectivity index (χ1v) is 8.16. The van der Waals surface area contributed by atoms with Crippen molar-refractivity contribution in [3.63, 3.8) is 0 Å². The molecule has 0 aliphatic carbocycles. The SMILES string of the molecule is C=CCn1c(CC)nnc1Sc1nc2c([nH]1)c(=O)n(C)c(=O)n2C. The average molecular weight is 347 g/mol. The Hall–Kier alpha value is -2.62. The predicted octanol–water partition coefficient (Wildman–Crippen LogP) is 0.451. The third-order valence-corrected chi connectivity index (χ3v) is 4.55. The lowest BCUT2D eigenvalue weighted by molar-refractivity contribution is 0.684. The molecule has 3 rings (SSSR count). The largest absolute Gasteiger partial charge is 0.332 e. The second kappa shape index (κ2) is 6.11. The van der Waals surface area contributed by atoms with Crippen LogP contribution in [0.2, 0.25) is 0 Å². The van der Waals surface area contributed by atoms with Gasteiger partial charge < -0.3 is 9.55 Å². The second-order valence-corrected chi connectivity index (χ2v) is 6.16. The Morgan fingerprint density at radius 1 is 1.25 bits per heavy atom. The summed E-state index contributed by atoms with van der Waals surface area (Å²) in [5.41, 5.74) is -0.225. The number of aryl methyl sites for hydroxylation is 2. The summed E-state index contributed by atoms with van der Waals surface area (Å²) in [6.45, 7) is 6.33. The monoisotopic (exact) mass is 347 g/mol. The van der Waals surface area contributed by atoms with Crippen LogP contribution in [-0.4, -0.2) is 33.9 Å². The fraction of sp³-hybridized carbons (Fsp3) is 0.357. The highest BCUT2D eigenvalue weighted by Gasteiger charge is 2.17. The molecular formula is C14H17N7O2S. The van der Waals surface area contributed by atoms with Gasteiger partial charge in [0.25, 0.3) is 5.56 Å². The molecule has 126 valence electrons. The lowest BCUT2D eigenvalue weighted by Crippen LogP contribution is -2.36. The van der Waals surface area contributed by atoms with Crippen molar-refractivity contribution in [1.82, 2.24) is 33.9 Å². The quantitative estimate of drug-likeness (QED) is 0.672. The van der Waals surface area contributed by atoms with Crippen molar-refractivity contribution in [2.75, 3.05) is 0 Å². The fourth-order valence-corrected chi connectivity index (χ4v) is 3.24. The fourth-order valence-electron chi connectivity index (χ4n) is 2.41. The maximum Gasteiger partial charge on any atom is 0.332 e. The number of hydrogen-bond acceptors (Lipinski definition) is 6. The van der Waals surface area contributed by atoms with Crippen LogP contribution >= 0.6 is 11.8 Å². The van der Waals surface area contributed by atoms with Gasteiger partial charge in [0.1, 0.15) is 5.82 Å². The Morgan fingerprint density at radius 2 is 2.00 bits per heavy atom. The molecule has 0 aromatic carbocycles. The maximum atomic E-state index is 12.2. The van der Waals surface area contributed by atoms with Crippen molar-refractivity contribution in [3.8, 4) is 0 Å². The minimum atomic E-state index is -0.418. The molecule has 0 aliphatic rings. The lowest BCUT2D eigenvalue weighted by atomic mass is 10.4. The van der Waals surface area contributed by atoms with Crippen molar-refractivity contribution >= 4 is 22.9 Å². The molecule has 0 unspecified atom stereocenters. The van der Waals surface area contributed by atoms with Gasteiger partial charge in [0.15, 0.2) is 21.5 Å². The molecule has 0 fully saturated rings. The van der Waals surface area contributed by atoms with Gasteiger partial charge in [0, 0.05) is 27.1 Å². The van der Waals surface area contributed by atoms with E-state index in [9.17, 15) is 9.59 Å². The summed E-state index contributed by atoms with van der Waals surface area (Å²) in [5.74, 6) is 0.844. The van der Waals surface area contributed by atoms with E-state index in [0.717, 1.165) is 16.8 Å². The normalized spacial score (nSPS) is 11.3. The van der Waals surface area contributed by atoms with E-state index < -0.39 is 11.2 Å². The van der Waals surface area contributed by atoms with Crippen LogP contribution < -0.4 is 11.2 Å². The number of allylic oxidation sites excluding steroid dienone is 1. The number of H-pyrrole nitrogens is 1. The highest BCUT2D eigenvalue weighted by Crippen LogP contribution is 2.25. The van der Waals surface area contributed by atoms with Gasteiger partial charge >= 0.3 is 5.69 Å². The molecule has 0 saturated heterocycles. The summed E-state index contributed by atoms with van der Waals surface area (Å²) >= 11 is 1.26. The Labute approximate surface area is 141 Å². The van der Waals surface area contributed by atoms with Crippen LogP contribution in [0.1, 0.15) is 12.7 Å². The summed E-state index contributed by atoms with van der Waals surface area (Å²) in [5, 5.41) is 9.44. The van der Waals surface area contributed by atoms with Crippen LogP contribution in [0, 0.1) is 0 Å². The third-order valence-electron chi connectivity index (χ3n) is 3.68. The molecular weight excluding hydrogens is 330 g/mol. The summed E-state index contributed by atoms with van der Waals surface area (Å²) < 4.78 is 4.32. The molecule has 3 heterocycles. The van der Waals surface area contributed by atoms with Gasteiger partial charge in [0.05, 0.1) is 0 Å². The molecule has 3 aromatic rings. The second-order valence-electron chi connectivity index (χ2n) is 5.20. The average Bonchev–Trinajstić information content (AvgIpc) is 3.16. The van der Waals surface area contributed by atoms with Gasteiger partial charge in [0.2, 0.25) is 0 Å². The van der Waals surface area contributed by atoms with E-state index in [4.69, 9.17) is 0 Å². The van der Waals surface area contributed by atoms with Crippen molar-refractivity contribution in [3.05, 3.63) is 39.3 Å². The number of aromatic nitrogens is 7. The number of nitrogens with zero attached hydrogens (tertiary/aromatic N) is 6. The van der Waals surface area contributed by atoms with Gasteiger partial charge in [-0.3, -0.25) is 13.9 Å². The first-order chi connectivity index (χ1) is 11.5. The Bertz CT molecular complexity index is 1040. The van der Waals surface area contributed by atoms with E-state index >= 15 is 0 Å². The third kappa shape index (κ3) is 2.48. The molecule has 0 spiro atoms. The van der Waals surface area contributed by atoms with Gasteiger partial charge in [-0.15, -0.1) is 16.8 Å². The Morgan fingerprint density at radius 3 is 2.67 bits per heavy atom. The van der Waals surface area contributed by atoms with Crippen LogP contribution in [-0.2, 0) is 27.1 Å². The molecule has 0 atom stereocenters. The van der Waals surface area contributed by atoms with Gasteiger partial charge in [-0.05, 0) is 11.8 Å². The summed E-state index contributed by atoms with van der Waals surface area (Å²) in [4.78, 5) is 31.5.